The van der Waals surface area contributed by atoms with Crippen LogP contribution in [0.3, 0.4) is 0 Å². The maximum atomic E-state index is 11.5. The normalized spacial score (nSPS) is 10.8. The first kappa shape index (κ1) is 15.9. The van der Waals surface area contributed by atoms with E-state index in [0.717, 1.165) is 33.9 Å². The number of hydrogen-bond donors (Lipinski definition) is 2. The van der Waals surface area contributed by atoms with Crippen molar-refractivity contribution in [3.63, 3.8) is 0 Å². The first-order valence-electron chi connectivity index (χ1n) is 7.22. The molecular formula is C16H20BrN3O. The lowest BCUT2D eigenvalue weighted by molar-refractivity contribution is -0.120. The fraction of sp³-hybridized carbons (Fsp3) is 0.375. The Morgan fingerprint density at radius 1 is 1.29 bits per heavy atom. The highest BCUT2D eigenvalue weighted by molar-refractivity contribution is 9.10. The Hall–Kier alpha value is -1.46. The second-order valence-electron chi connectivity index (χ2n) is 4.88. The number of rotatable bonds is 7. The molecule has 0 radical (unpaired) electrons. The average molecular weight is 350 g/mol. The van der Waals surface area contributed by atoms with E-state index in [1.54, 1.807) is 6.20 Å². The molecule has 1 aromatic heterocycles. The Bertz CT molecular complexity index is 615. The summed E-state index contributed by atoms with van der Waals surface area (Å²) in [5.41, 5.74) is 2.14. The first-order chi connectivity index (χ1) is 10.2. The average Bonchev–Trinajstić information content (AvgIpc) is 2.51. The van der Waals surface area contributed by atoms with Crippen LogP contribution in [-0.2, 0) is 11.3 Å². The van der Waals surface area contributed by atoms with E-state index in [2.05, 4.69) is 37.6 Å². The Morgan fingerprint density at radius 3 is 2.95 bits per heavy atom. The van der Waals surface area contributed by atoms with Crippen molar-refractivity contribution in [2.75, 3.05) is 13.1 Å². The van der Waals surface area contributed by atoms with Gasteiger partial charge in [0.1, 0.15) is 0 Å². The van der Waals surface area contributed by atoms with Gasteiger partial charge in [-0.15, -0.1) is 0 Å². The lowest BCUT2D eigenvalue weighted by Crippen LogP contribution is -2.28. The molecule has 0 atom stereocenters. The van der Waals surface area contributed by atoms with E-state index in [9.17, 15) is 4.79 Å². The summed E-state index contributed by atoms with van der Waals surface area (Å²) in [5, 5.41) is 7.28. The van der Waals surface area contributed by atoms with Gasteiger partial charge in [-0.2, -0.15) is 0 Å². The van der Waals surface area contributed by atoms with E-state index >= 15 is 0 Å². The van der Waals surface area contributed by atoms with Crippen molar-refractivity contribution >= 4 is 32.7 Å². The molecule has 0 saturated heterocycles. The zero-order valence-electron chi connectivity index (χ0n) is 12.2. The number of benzene rings is 1. The number of amides is 1. The number of pyridine rings is 1. The molecule has 2 aromatic rings. The van der Waals surface area contributed by atoms with Crippen LogP contribution in [0, 0.1) is 0 Å². The van der Waals surface area contributed by atoms with Gasteiger partial charge in [0.25, 0.3) is 0 Å². The van der Waals surface area contributed by atoms with Gasteiger partial charge < -0.3 is 10.6 Å². The Balaban J connectivity index is 1.90. The van der Waals surface area contributed by atoms with Gasteiger partial charge in [0.05, 0.1) is 5.52 Å². The van der Waals surface area contributed by atoms with E-state index in [1.807, 2.05) is 25.1 Å². The van der Waals surface area contributed by atoms with E-state index in [4.69, 9.17) is 0 Å². The van der Waals surface area contributed by atoms with Crippen molar-refractivity contribution in [1.82, 2.24) is 15.6 Å². The fourth-order valence-electron chi connectivity index (χ4n) is 2.12. The third-order valence-electron chi connectivity index (χ3n) is 3.22. The zero-order valence-corrected chi connectivity index (χ0v) is 13.7. The van der Waals surface area contributed by atoms with Gasteiger partial charge in [-0.25, -0.2) is 0 Å². The molecule has 4 nitrogen and oxygen atoms in total. The number of nitrogens with one attached hydrogen (secondary N) is 2. The summed E-state index contributed by atoms with van der Waals surface area (Å²) in [4.78, 5) is 15.9. The Labute approximate surface area is 133 Å². The van der Waals surface area contributed by atoms with Gasteiger partial charge in [-0.05, 0) is 24.1 Å². The van der Waals surface area contributed by atoms with E-state index < -0.39 is 0 Å². The molecule has 0 unspecified atom stereocenters. The topological polar surface area (TPSA) is 54.0 Å². The molecule has 0 aliphatic heterocycles. The molecule has 0 aliphatic rings. The Kier molecular flexibility index (Phi) is 6.14. The number of fused-ring (bicyclic) bond motifs is 1. The van der Waals surface area contributed by atoms with Crippen molar-refractivity contribution in [3.05, 3.63) is 40.5 Å². The molecular weight excluding hydrogens is 330 g/mol. The van der Waals surface area contributed by atoms with Gasteiger partial charge in [-0.3, -0.25) is 9.78 Å². The fourth-order valence-corrected chi connectivity index (χ4v) is 2.57. The van der Waals surface area contributed by atoms with Crippen LogP contribution in [0.15, 0.2) is 34.9 Å². The van der Waals surface area contributed by atoms with Crippen LogP contribution in [0.2, 0.25) is 0 Å². The molecule has 0 fully saturated rings. The number of halogens is 1. The third kappa shape index (κ3) is 4.51. The summed E-state index contributed by atoms with van der Waals surface area (Å²) in [6, 6.07) is 8.08. The summed E-state index contributed by atoms with van der Waals surface area (Å²) in [7, 11) is 0. The summed E-state index contributed by atoms with van der Waals surface area (Å²) in [6.45, 7) is 4.17. The van der Waals surface area contributed by atoms with E-state index in [1.165, 1.54) is 0 Å². The van der Waals surface area contributed by atoms with Crippen LogP contribution in [0.4, 0.5) is 0 Å². The largest absolute Gasteiger partial charge is 0.356 e. The van der Waals surface area contributed by atoms with Crippen molar-refractivity contribution in [1.29, 1.82) is 0 Å². The summed E-state index contributed by atoms with van der Waals surface area (Å²) in [5.74, 6) is 0.100. The van der Waals surface area contributed by atoms with Crippen LogP contribution >= 0.6 is 15.9 Å². The Morgan fingerprint density at radius 2 is 2.14 bits per heavy atom. The number of carbonyl (C=O) groups excluding carboxylic acids is 1. The van der Waals surface area contributed by atoms with Crippen LogP contribution in [-0.4, -0.2) is 24.0 Å². The number of hydrogen-bond acceptors (Lipinski definition) is 3. The zero-order chi connectivity index (χ0) is 15.1. The van der Waals surface area contributed by atoms with Crippen molar-refractivity contribution < 1.29 is 4.79 Å². The van der Waals surface area contributed by atoms with Gasteiger partial charge in [-0.1, -0.05) is 35.0 Å². The molecule has 1 aromatic carbocycles. The minimum absolute atomic E-state index is 0.100. The molecule has 0 aliphatic carbocycles. The van der Waals surface area contributed by atoms with Gasteiger partial charge in [0, 0.05) is 42.1 Å². The SMILES string of the molecule is CCCNC(=O)CCNCc1ccc(Br)c2cccnc12. The maximum Gasteiger partial charge on any atom is 0.221 e. The second-order valence-corrected chi connectivity index (χ2v) is 5.74. The monoisotopic (exact) mass is 349 g/mol. The van der Waals surface area contributed by atoms with Crippen LogP contribution < -0.4 is 10.6 Å². The molecule has 2 N–H and O–H groups in total. The van der Waals surface area contributed by atoms with Crippen molar-refractivity contribution in [2.24, 2.45) is 0 Å². The first-order valence-corrected chi connectivity index (χ1v) is 8.01. The molecule has 5 heteroatoms. The smallest absolute Gasteiger partial charge is 0.221 e. The van der Waals surface area contributed by atoms with Crippen LogP contribution in [0.25, 0.3) is 10.9 Å². The predicted molar refractivity (Wildman–Crippen MR) is 89.1 cm³/mol. The highest BCUT2D eigenvalue weighted by Gasteiger charge is 2.05. The van der Waals surface area contributed by atoms with Gasteiger partial charge >= 0.3 is 0 Å². The van der Waals surface area contributed by atoms with E-state index in [-0.39, 0.29) is 5.91 Å². The molecule has 0 bridgehead atoms. The molecule has 1 heterocycles. The lowest BCUT2D eigenvalue weighted by atomic mass is 10.1. The van der Waals surface area contributed by atoms with Crippen molar-refractivity contribution in [3.8, 4) is 0 Å². The van der Waals surface area contributed by atoms with Gasteiger partial charge in [0.15, 0.2) is 0 Å². The third-order valence-corrected chi connectivity index (χ3v) is 3.91. The number of aromatic nitrogens is 1. The molecule has 2 rings (SSSR count). The number of carbonyl (C=O) groups is 1. The minimum Gasteiger partial charge on any atom is -0.356 e. The molecule has 21 heavy (non-hydrogen) atoms. The molecule has 0 saturated carbocycles. The highest BCUT2D eigenvalue weighted by Crippen LogP contribution is 2.24. The lowest BCUT2D eigenvalue weighted by Gasteiger charge is -2.09. The van der Waals surface area contributed by atoms with Crippen LogP contribution in [0.5, 0.6) is 0 Å². The van der Waals surface area contributed by atoms with Gasteiger partial charge in [0.2, 0.25) is 5.91 Å². The molecule has 112 valence electrons. The molecule has 0 spiro atoms. The number of nitrogens with zero attached hydrogens (tertiary/aromatic N) is 1. The van der Waals surface area contributed by atoms with E-state index in [0.29, 0.717) is 19.5 Å². The summed E-state index contributed by atoms with van der Waals surface area (Å²) in [6.07, 6.45) is 3.27. The molecule has 1 amide bonds. The summed E-state index contributed by atoms with van der Waals surface area (Å²) < 4.78 is 1.05. The summed E-state index contributed by atoms with van der Waals surface area (Å²) >= 11 is 3.54. The second kappa shape index (κ2) is 8.10. The quantitative estimate of drug-likeness (QED) is 0.755. The van der Waals surface area contributed by atoms with Crippen LogP contribution in [0.1, 0.15) is 25.3 Å². The maximum absolute atomic E-state index is 11.5. The standard InChI is InChI=1S/C16H20BrN3O/c1-2-8-19-15(21)7-10-18-11-12-5-6-14(17)13-4-3-9-20-16(12)13/h3-6,9,18H,2,7-8,10-11H2,1H3,(H,19,21). The van der Waals surface area contributed by atoms with Crippen molar-refractivity contribution in [2.45, 2.75) is 26.3 Å². The predicted octanol–water partition coefficient (Wildman–Crippen LogP) is 3.00. The minimum atomic E-state index is 0.100. The highest BCUT2D eigenvalue weighted by atomic mass is 79.9.